The van der Waals surface area contributed by atoms with Gasteiger partial charge in [0.2, 0.25) is 0 Å². The highest BCUT2D eigenvalue weighted by Gasteiger charge is 2.27. The standard InChI is InChI=1S/C22H28N6O3/c1-14(29)19-25-17-13-24-20-16(8-12-27(20)21(30)31-22(2,3)4)18(17)28(19)26-10-6-15(5-9-23)7-11-26/h8,12-15,29H,5-7,10-11H2,1-4H3/t14-/m1/s1. The number of hydrogen-bond donors (Lipinski definition) is 1. The van der Waals surface area contributed by atoms with Gasteiger partial charge in [0.25, 0.3) is 0 Å². The predicted octanol–water partition coefficient (Wildman–Crippen LogP) is 3.48. The fourth-order valence-electron chi connectivity index (χ4n) is 4.12. The quantitative estimate of drug-likeness (QED) is 0.685. The second-order valence-corrected chi connectivity index (χ2v) is 9.11. The second kappa shape index (κ2) is 7.85. The maximum Gasteiger partial charge on any atom is 0.420 e. The van der Waals surface area contributed by atoms with Gasteiger partial charge in [0.05, 0.1) is 12.3 Å². The molecule has 0 amide bonds. The smallest absolute Gasteiger partial charge is 0.420 e. The van der Waals surface area contributed by atoms with E-state index in [4.69, 9.17) is 10.00 Å². The number of pyridine rings is 1. The van der Waals surface area contributed by atoms with E-state index < -0.39 is 17.8 Å². The van der Waals surface area contributed by atoms with Crippen molar-refractivity contribution in [1.29, 1.82) is 5.26 Å². The first-order valence-electron chi connectivity index (χ1n) is 10.6. The van der Waals surface area contributed by atoms with E-state index in [0.29, 0.717) is 29.3 Å². The fraction of sp³-hybridized carbons (Fsp3) is 0.545. The molecule has 1 saturated heterocycles. The zero-order chi connectivity index (χ0) is 22.3. The number of piperidine rings is 1. The Morgan fingerprint density at radius 2 is 2.10 bits per heavy atom. The Hall–Kier alpha value is -3.12. The van der Waals surface area contributed by atoms with E-state index >= 15 is 0 Å². The van der Waals surface area contributed by atoms with Crippen molar-refractivity contribution < 1.29 is 14.6 Å². The number of hydrogen-bond acceptors (Lipinski definition) is 7. The summed E-state index contributed by atoms with van der Waals surface area (Å²) in [4.78, 5) is 21.8. The van der Waals surface area contributed by atoms with Crippen molar-refractivity contribution in [3.8, 4) is 6.07 Å². The summed E-state index contributed by atoms with van der Waals surface area (Å²) in [5.41, 5.74) is 1.33. The molecule has 1 N–H and O–H groups in total. The van der Waals surface area contributed by atoms with Crippen LogP contribution in [0.5, 0.6) is 0 Å². The zero-order valence-electron chi connectivity index (χ0n) is 18.4. The summed E-state index contributed by atoms with van der Waals surface area (Å²) in [6.45, 7) is 8.67. The summed E-state index contributed by atoms with van der Waals surface area (Å²) in [5, 5.41) is 22.3. The zero-order valence-corrected chi connectivity index (χ0v) is 18.4. The largest absolute Gasteiger partial charge is 0.443 e. The molecule has 1 aliphatic heterocycles. The van der Waals surface area contributed by atoms with Crippen LogP contribution in [0.4, 0.5) is 4.79 Å². The van der Waals surface area contributed by atoms with E-state index in [-0.39, 0.29) is 0 Å². The maximum absolute atomic E-state index is 12.7. The first kappa shape index (κ1) is 21.1. The van der Waals surface area contributed by atoms with Crippen LogP contribution in [0.15, 0.2) is 18.5 Å². The van der Waals surface area contributed by atoms with Crippen LogP contribution >= 0.6 is 0 Å². The Kier molecular flexibility index (Phi) is 5.35. The van der Waals surface area contributed by atoms with Crippen molar-refractivity contribution in [2.24, 2.45) is 5.92 Å². The van der Waals surface area contributed by atoms with Gasteiger partial charge in [-0.1, -0.05) is 0 Å². The Morgan fingerprint density at radius 1 is 1.39 bits per heavy atom. The number of nitrogens with zero attached hydrogens (tertiary/aromatic N) is 6. The lowest BCUT2D eigenvalue weighted by molar-refractivity contribution is 0.0543. The molecule has 0 saturated carbocycles. The molecule has 9 nitrogen and oxygen atoms in total. The molecule has 9 heteroatoms. The van der Waals surface area contributed by atoms with Gasteiger partial charge in [-0.3, -0.25) is 0 Å². The fourth-order valence-corrected chi connectivity index (χ4v) is 4.12. The molecule has 0 aliphatic carbocycles. The molecule has 0 radical (unpaired) electrons. The molecule has 164 valence electrons. The van der Waals surface area contributed by atoms with Gasteiger partial charge in [-0.2, -0.15) is 5.26 Å². The van der Waals surface area contributed by atoms with Crippen LogP contribution in [-0.4, -0.2) is 49.1 Å². The lowest BCUT2D eigenvalue weighted by Gasteiger charge is -2.35. The Bertz CT molecular complexity index is 1160. The van der Waals surface area contributed by atoms with Gasteiger partial charge in [-0.15, -0.1) is 0 Å². The topological polar surface area (TPSA) is 109 Å². The number of nitriles is 1. The van der Waals surface area contributed by atoms with E-state index in [2.05, 4.69) is 21.0 Å². The van der Waals surface area contributed by atoms with Crippen LogP contribution in [0.1, 0.15) is 58.9 Å². The summed E-state index contributed by atoms with van der Waals surface area (Å²) in [7, 11) is 0. The molecular formula is C22H28N6O3. The van der Waals surface area contributed by atoms with Crippen LogP contribution in [0.3, 0.4) is 0 Å². The van der Waals surface area contributed by atoms with Crippen LogP contribution in [0.2, 0.25) is 0 Å². The molecule has 31 heavy (non-hydrogen) atoms. The molecule has 1 atom stereocenters. The van der Waals surface area contributed by atoms with Gasteiger partial charge in [-0.05, 0) is 52.5 Å². The molecule has 3 aromatic heterocycles. The number of carbonyl (C=O) groups is 1. The highest BCUT2D eigenvalue weighted by molar-refractivity contribution is 6.04. The molecule has 3 aromatic rings. The number of imidazole rings is 1. The van der Waals surface area contributed by atoms with Crippen molar-refractivity contribution in [2.45, 2.75) is 58.7 Å². The molecular weight excluding hydrogens is 396 g/mol. The minimum atomic E-state index is -0.771. The monoisotopic (exact) mass is 424 g/mol. The van der Waals surface area contributed by atoms with Crippen LogP contribution in [0.25, 0.3) is 22.1 Å². The summed E-state index contributed by atoms with van der Waals surface area (Å²) in [6, 6.07) is 4.10. The molecule has 0 aromatic carbocycles. The van der Waals surface area contributed by atoms with Gasteiger partial charge < -0.3 is 14.9 Å². The summed E-state index contributed by atoms with van der Waals surface area (Å²) < 4.78 is 8.88. The molecule has 0 bridgehead atoms. The van der Waals surface area contributed by atoms with Crippen LogP contribution < -0.4 is 5.01 Å². The van der Waals surface area contributed by atoms with Crippen LogP contribution in [0, 0.1) is 17.2 Å². The average Bonchev–Trinajstić information content (AvgIpc) is 3.29. The summed E-state index contributed by atoms with van der Waals surface area (Å²) in [6.07, 6.45) is 4.39. The number of aliphatic hydroxyl groups is 1. The number of carbonyl (C=O) groups excluding carboxylic acids is 1. The van der Waals surface area contributed by atoms with Gasteiger partial charge in [-0.25, -0.2) is 24.0 Å². The number of ether oxygens (including phenoxy) is 1. The van der Waals surface area contributed by atoms with Crippen molar-refractivity contribution in [3.05, 3.63) is 24.3 Å². The van der Waals surface area contributed by atoms with E-state index in [0.717, 1.165) is 36.8 Å². The van der Waals surface area contributed by atoms with Gasteiger partial charge in [0.15, 0.2) is 11.5 Å². The minimum Gasteiger partial charge on any atom is -0.443 e. The molecule has 4 heterocycles. The Balaban J connectivity index is 1.81. The van der Waals surface area contributed by atoms with E-state index in [9.17, 15) is 9.90 Å². The normalized spacial score (nSPS) is 16.6. The van der Waals surface area contributed by atoms with Gasteiger partial charge in [0.1, 0.15) is 22.7 Å². The highest BCUT2D eigenvalue weighted by atomic mass is 16.6. The number of rotatable bonds is 3. The summed E-state index contributed by atoms with van der Waals surface area (Å²) in [5.74, 6) is 0.925. The predicted molar refractivity (Wildman–Crippen MR) is 116 cm³/mol. The van der Waals surface area contributed by atoms with Gasteiger partial charge in [0, 0.05) is 31.1 Å². The molecule has 1 aliphatic rings. The van der Waals surface area contributed by atoms with Crippen LogP contribution in [-0.2, 0) is 4.74 Å². The Morgan fingerprint density at radius 3 is 2.71 bits per heavy atom. The average molecular weight is 425 g/mol. The Labute approximate surface area is 180 Å². The number of aromatic nitrogens is 4. The first-order valence-corrected chi connectivity index (χ1v) is 10.6. The molecule has 4 rings (SSSR count). The second-order valence-electron chi connectivity index (χ2n) is 9.11. The first-order chi connectivity index (χ1) is 14.7. The lowest BCUT2D eigenvalue weighted by atomic mass is 9.95. The number of aliphatic hydroxyl groups excluding tert-OH is 1. The van der Waals surface area contributed by atoms with E-state index in [1.165, 1.54) is 4.57 Å². The van der Waals surface area contributed by atoms with Crippen molar-refractivity contribution >= 4 is 28.2 Å². The lowest BCUT2D eigenvalue weighted by Crippen LogP contribution is -2.42. The van der Waals surface area contributed by atoms with E-state index in [1.54, 1.807) is 19.3 Å². The number of fused-ring (bicyclic) bond motifs is 3. The van der Waals surface area contributed by atoms with Gasteiger partial charge >= 0.3 is 6.09 Å². The third-order valence-corrected chi connectivity index (χ3v) is 5.55. The molecule has 0 unspecified atom stereocenters. The SMILES string of the molecule is C[C@@H](O)c1nc2cnc3c(ccn3C(=O)OC(C)(C)C)c2n1N1CCC(CC#N)CC1. The third kappa shape index (κ3) is 3.95. The third-order valence-electron chi connectivity index (χ3n) is 5.55. The highest BCUT2D eigenvalue weighted by Crippen LogP contribution is 2.30. The molecule has 0 spiro atoms. The maximum atomic E-state index is 12.7. The minimum absolute atomic E-state index is 0.390. The molecule has 1 fully saturated rings. The van der Waals surface area contributed by atoms with Crippen molar-refractivity contribution in [2.75, 3.05) is 18.1 Å². The van der Waals surface area contributed by atoms with Crippen molar-refractivity contribution in [1.82, 2.24) is 19.2 Å². The van der Waals surface area contributed by atoms with E-state index in [1.807, 2.05) is 31.5 Å². The van der Waals surface area contributed by atoms with Crippen molar-refractivity contribution in [3.63, 3.8) is 0 Å². The summed E-state index contributed by atoms with van der Waals surface area (Å²) >= 11 is 0.